The lowest BCUT2D eigenvalue weighted by molar-refractivity contribution is -0.144. The van der Waals surface area contributed by atoms with Crippen LogP contribution in [0.5, 0.6) is 0 Å². The molecule has 228 valence electrons. The molecule has 12 heteroatoms. The highest BCUT2D eigenvalue weighted by molar-refractivity contribution is 6.51. The number of halogens is 2. The number of ketones is 1. The number of hydrogen-bond acceptors (Lipinski definition) is 6. The van der Waals surface area contributed by atoms with E-state index >= 15 is 0 Å². The van der Waals surface area contributed by atoms with E-state index in [1.165, 1.54) is 11.0 Å². The molecule has 0 spiro atoms. The lowest BCUT2D eigenvalue weighted by Crippen LogP contribution is -2.60. The Hall–Kier alpha value is -2.59. The molecule has 3 rings (SSSR count). The number of amides is 4. The van der Waals surface area contributed by atoms with Gasteiger partial charge in [0, 0.05) is 24.9 Å². The first kappa shape index (κ1) is 32.9. The molecular formula is C29H42Cl2N4O6. The van der Waals surface area contributed by atoms with Crippen LogP contribution in [0.2, 0.25) is 0 Å². The molecular weight excluding hydrogens is 571 g/mol. The molecule has 0 aromatic rings. The first-order chi connectivity index (χ1) is 19.2. The molecule has 0 bridgehead atoms. The van der Waals surface area contributed by atoms with Crippen molar-refractivity contribution in [2.24, 2.45) is 17.8 Å². The summed E-state index contributed by atoms with van der Waals surface area (Å²) in [6, 6.07) is -3.13. The van der Waals surface area contributed by atoms with Gasteiger partial charge in [0.05, 0.1) is 6.04 Å². The molecule has 3 N–H and O–H groups in total. The number of likely N-dealkylation sites (tertiary alicyclic amines) is 1. The van der Waals surface area contributed by atoms with Crippen molar-refractivity contribution in [1.29, 1.82) is 0 Å². The maximum Gasteiger partial charge on any atom is 0.408 e. The van der Waals surface area contributed by atoms with Gasteiger partial charge in [0.15, 0.2) is 0 Å². The number of carbonyl (C=O) groups is 5. The molecule has 4 amide bonds. The van der Waals surface area contributed by atoms with Gasteiger partial charge in [-0.3, -0.25) is 19.2 Å². The zero-order chi connectivity index (χ0) is 30.5. The SMILES string of the molecule is C=CCC[C@H](NC(=O)[C@@H]1[C@@H]2[C@H](CN1C(=O)[C@@H](NC(=O)OC(C)(C)C)C1CCCCC1)C2(Cl)Cl)C(=O)C(=O)NCC=C. The van der Waals surface area contributed by atoms with Crippen molar-refractivity contribution in [2.45, 2.75) is 93.8 Å². The highest BCUT2D eigenvalue weighted by atomic mass is 35.5. The third-order valence-electron chi connectivity index (χ3n) is 7.87. The number of carbonyl (C=O) groups excluding carboxylic acids is 5. The Morgan fingerprint density at radius 3 is 2.29 bits per heavy atom. The topological polar surface area (TPSA) is 134 Å². The summed E-state index contributed by atoms with van der Waals surface area (Å²) in [5.74, 6) is -3.77. The minimum absolute atomic E-state index is 0.0928. The largest absolute Gasteiger partial charge is 0.444 e. The first-order valence-electron chi connectivity index (χ1n) is 14.2. The highest BCUT2D eigenvalue weighted by Crippen LogP contribution is 2.65. The van der Waals surface area contributed by atoms with E-state index in [2.05, 4.69) is 29.1 Å². The Labute approximate surface area is 251 Å². The third-order valence-corrected chi connectivity index (χ3v) is 8.93. The molecule has 3 aliphatic rings. The Balaban J connectivity index is 1.85. The van der Waals surface area contributed by atoms with Gasteiger partial charge in [-0.25, -0.2) is 4.79 Å². The van der Waals surface area contributed by atoms with E-state index < -0.39 is 63.6 Å². The maximum atomic E-state index is 14.1. The van der Waals surface area contributed by atoms with Crippen LogP contribution >= 0.6 is 23.2 Å². The second kappa shape index (κ2) is 13.6. The van der Waals surface area contributed by atoms with E-state index in [4.69, 9.17) is 27.9 Å². The van der Waals surface area contributed by atoms with Crippen LogP contribution in [0.15, 0.2) is 25.3 Å². The number of rotatable bonds is 12. The van der Waals surface area contributed by atoms with Gasteiger partial charge in [0.1, 0.15) is 22.0 Å². The second-order valence-corrected chi connectivity index (χ2v) is 13.5. The molecule has 2 aliphatic carbocycles. The predicted octanol–water partition coefficient (Wildman–Crippen LogP) is 3.41. The van der Waals surface area contributed by atoms with Crippen LogP contribution in [0.3, 0.4) is 0 Å². The van der Waals surface area contributed by atoms with Gasteiger partial charge < -0.3 is 25.6 Å². The Morgan fingerprint density at radius 1 is 1.05 bits per heavy atom. The number of fused-ring (bicyclic) bond motifs is 1. The number of alkyl carbamates (subject to hydrolysis) is 1. The van der Waals surface area contributed by atoms with Gasteiger partial charge in [-0.2, -0.15) is 0 Å². The average molecular weight is 614 g/mol. The quantitative estimate of drug-likeness (QED) is 0.176. The van der Waals surface area contributed by atoms with Gasteiger partial charge in [0.2, 0.25) is 17.6 Å². The normalized spacial score (nSPS) is 24.7. The smallest absolute Gasteiger partial charge is 0.408 e. The monoisotopic (exact) mass is 612 g/mol. The molecule has 1 heterocycles. The Bertz CT molecular complexity index is 1050. The van der Waals surface area contributed by atoms with Gasteiger partial charge in [-0.05, 0) is 52.4 Å². The number of nitrogens with one attached hydrogen (secondary N) is 3. The second-order valence-electron chi connectivity index (χ2n) is 12.1. The maximum absolute atomic E-state index is 14.1. The van der Waals surface area contributed by atoms with Crippen LogP contribution in [-0.2, 0) is 23.9 Å². The summed E-state index contributed by atoms with van der Waals surface area (Å²) >= 11 is 13.0. The van der Waals surface area contributed by atoms with Crippen LogP contribution in [0.4, 0.5) is 4.79 Å². The van der Waals surface area contributed by atoms with Crippen molar-refractivity contribution in [3.63, 3.8) is 0 Å². The zero-order valence-electron chi connectivity index (χ0n) is 24.0. The standard InChI is InChI=1S/C29H42Cl2N4O6/c1-6-8-14-19(23(36)25(38)32-15-7-2)33-24(37)22-20-18(29(20,30)31)16-35(22)26(39)21(17-12-10-9-11-13-17)34-27(40)41-28(3,4)5/h6-7,17-22H,1-2,8-16H2,3-5H3,(H,32,38)(H,33,37)(H,34,40)/t18-,19-,20-,21-,22-/m0/s1. The average Bonchev–Trinajstić information content (AvgIpc) is 3.23. The van der Waals surface area contributed by atoms with Crippen LogP contribution in [0.25, 0.3) is 0 Å². The van der Waals surface area contributed by atoms with Gasteiger partial charge in [-0.1, -0.05) is 31.4 Å². The third kappa shape index (κ3) is 8.03. The molecule has 0 radical (unpaired) electrons. The van der Waals surface area contributed by atoms with Crippen LogP contribution < -0.4 is 16.0 Å². The number of alkyl halides is 2. The molecule has 10 nitrogen and oxygen atoms in total. The summed E-state index contributed by atoms with van der Waals surface area (Å²) in [7, 11) is 0. The number of piperidine rings is 1. The van der Waals surface area contributed by atoms with Crippen molar-refractivity contribution < 1.29 is 28.7 Å². The van der Waals surface area contributed by atoms with E-state index in [1.807, 2.05) is 0 Å². The minimum atomic E-state index is -1.21. The highest BCUT2D eigenvalue weighted by Gasteiger charge is 2.74. The number of nitrogens with zero attached hydrogens (tertiary/aromatic N) is 1. The van der Waals surface area contributed by atoms with Crippen molar-refractivity contribution in [3.8, 4) is 0 Å². The van der Waals surface area contributed by atoms with Crippen molar-refractivity contribution in [3.05, 3.63) is 25.3 Å². The number of hydrogen-bond donors (Lipinski definition) is 3. The van der Waals surface area contributed by atoms with Crippen molar-refractivity contribution >= 4 is 52.8 Å². The summed E-state index contributed by atoms with van der Waals surface area (Å²) in [6.07, 6.45) is 7.20. The van der Waals surface area contributed by atoms with Crippen LogP contribution in [0, 0.1) is 17.8 Å². The fourth-order valence-electron chi connectivity index (χ4n) is 5.82. The molecule has 1 aliphatic heterocycles. The molecule has 5 atom stereocenters. The number of ether oxygens (including phenoxy) is 1. The molecule has 0 unspecified atom stereocenters. The van der Waals surface area contributed by atoms with Gasteiger partial charge >= 0.3 is 6.09 Å². The number of allylic oxidation sites excluding steroid dienone is 1. The van der Waals surface area contributed by atoms with Crippen molar-refractivity contribution in [2.75, 3.05) is 13.1 Å². The lowest BCUT2D eigenvalue weighted by atomic mass is 9.83. The molecule has 2 saturated carbocycles. The van der Waals surface area contributed by atoms with E-state index in [9.17, 15) is 24.0 Å². The molecule has 3 fully saturated rings. The van der Waals surface area contributed by atoms with E-state index in [-0.39, 0.29) is 31.3 Å². The van der Waals surface area contributed by atoms with Crippen molar-refractivity contribution in [1.82, 2.24) is 20.9 Å². The molecule has 41 heavy (non-hydrogen) atoms. The molecule has 0 aromatic heterocycles. The lowest BCUT2D eigenvalue weighted by Gasteiger charge is -2.36. The fourth-order valence-corrected chi connectivity index (χ4v) is 6.64. The summed E-state index contributed by atoms with van der Waals surface area (Å²) in [5.41, 5.74) is -0.760. The molecule has 0 aromatic carbocycles. The van der Waals surface area contributed by atoms with Gasteiger partial charge in [0.25, 0.3) is 5.91 Å². The van der Waals surface area contributed by atoms with Crippen LogP contribution in [-0.4, -0.2) is 75.6 Å². The van der Waals surface area contributed by atoms with E-state index in [1.54, 1.807) is 26.8 Å². The van der Waals surface area contributed by atoms with Crippen LogP contribution in [0.1, 0.15) is 65.7 Å². The minimum Gasteiger partial charge on any atom is -0.444 e. The van der Waals surface area contributed by atoms with Gasteiger partial charge in [-0.15, -0.1) is 36.4 Å². The summed E-state index contributed by atoms with van der Waals surface area (Å²) in [5, 5.41) is 7.88. The van der Waals surface area contributed by atoms with E-state index in [0.29, 0.717) is 6.42 Å². The Kier molecular flexibility index (Phi) is 10.9. The first-order valence-corrected chi connectivity index (χ1v) is 15.0. The fraction of sp³-hybridized carbons (Fsp3) is 0.690. The summed E-state index contributed by atoms with van der Waals surface area (Å²) < 4.78 is 4.24. The summed E-state index contributed by atoms with van der Waals surface area (Å²) in [6.45, 7) is 12.6. The molecule has 1 saturated heterocycles. The summed E-state index contributed by atoms with van der Waals surface area (Å²) in [4.78, 5) is 67.3. The Morgan fingerprint density at radius 2 is 1.71 bits per heavy atom. The zero-order valence-corrected chi connectivity index (χ0v) is 25.6. The predicted molar refractivity (Wildman–Crippen MR) is 156 cm³/mol. The van der Waals surface area contributed by atoms with E-state index in [0.717, 1.165) is 32.1 Å². The number of Topliss-reactive ketones (excluding diaryl/α,β-unsaturated/α-hetero) is 1.